The Kier molecular flexibility index (Phi) is 7.28. The fraction of sp³-hybridized carbons (Fsp3) is 0.448. The lowest BCUT2D eigenvalue weighted by molar-refractivity contribution is -0.148. The summed E-state index contributed by atoms with van der Waals surface area (Å²) < 4.78 is 25.0. The summed E-state index contributed by atoms with van der Waals surface area (Å²) in [5, 5.41) is 6.97. The molecule has 10 heteroatoms. The number of halogens is 1. The average Bonchev–Trinajstić information content (AvgIpc) is 3.41. The average molecular weight is 533 g/mol. The van der Waals surface area contributed by atoms with Gasteiger partial charge in [0.2, 0.25) is 0 Å². The molecule has 4 aliphatic heterocycles. The van der Waals surface area contributed by atoms with Crippen molar-refractivity contribution < 1.29 is 18.7 Å². The number of carbonyl (C=O) groups excluding carboxylic acids is 1. The number of fused-ring (bicyclic) bond motifs is 1. The van der Waals surface area contributed by atoms with Crippen LogP contribution in [0.15, 0.2) is 64.7 Å². The van der Waals surface area contributed by atoms with Crippen LogP contribution in [-0.4, -0.2) is 78.5 Å². The third kappa shape index (κ3) is 5.25. The Labute approximate surface area is 227 Å². The fourth-order valence-corrected chi connectivity index (χ4v) is 5.68. The molecule has 0 amide bonds. The van der Waals surface area contributed by atoms with E-state index in [0.717, 1.165) is 54.7 Å². The van der Waals surface area contributed by atoms with Crippen LogP contribution in [0.4, 0.5) is 10.2 Å². The number of esters is 1. The zero-order valence-electron chi connectivity index (χ0n) is 22.1. The molecule has 2 aromatic rings. The number of morpholine rings is 1. The van der Waals surface area contributed by atoms with Gasteiger partial charge in [0.25, 0.3) is 0 Å². The first-order valence-corrected chi connectivity index (χ1v) is 13.7. The Hall–Kier alpha value is -3.79. The smallest absolute Gasteiger partial charge is 0.309 e. The molecule has 0 N–H and O–H groups in total. The van der Waals surface area contributed by atoms with Gasteiger partial charge in [0.15, 0.2) is 0 Å². The molecular weight excluding hydrogens is 499 g/mol. The molecule has 6 rings (SSSR count). The monoisotopic (exact) mass is 532 g/mol. The molecule has 2 fully saturated rings. The fourth-order valence-electron chi connectivity index (χ4n) is 5.68. The van der Waals surface area contributed by atoms with Crippen molar-refractivity contribution in [3.63, 3.8) is 0 Å². The maximum absolute atomic E-state index is 14.0. The van der Waals surface area contributed by atoms with Gasteiger partial charge in [-0.2, -0.15) is 5.10 Å². The second-order valence-corrected chi connectivity index (χ2v) is 10.1. The van der Waals surface area contributed by atoms with Gasteiger partial charge in [-0.3, -0.25) is 9.79 Å². The lowest BCUT2D eigenvalue weighted by atomic mass is 9.97. The van der Waals surface area contributed by atoms with Crippen LogP contribution in [0.3, 0.4) is 0 Å². The summed E-state index contributed by atoms with van der Waals surface area (Å²) in [7, 11) is 0. The van der Waals surface area contributed by atoms with Gasteiger partial charge in [0.05, 0.1) is 44.0 Å². The number of pyridine rings is 1. The molecule has 39 heavy (non-hydrogen) atoms. The van der Waals surface area contributed by atoms with Crippen LogP contribution < -0.4 is 4.90 Å². The van der Waals surface area contributed by atoms with E-state index in [4.69, 9.17) is 24.6 Å². The van der Waals surface area contributed by atoms with Crippen LogP contribution in [-0.2, 0) is 14.3 Å². The number of aliphatic imine (C=N–C) groups is 1. The van der Waals surface area contributed by atoms with Gasteiger partial charge >= 0.3 is 5.97 Å². The van der Waals surface area contributed by atoms with Crippen molar-refractivity contribution in [1.29, 1.82) is 0 Å². The highest BCUT2D eigenvalue weighted by molar-refractivity contribution is 6.06. The van der Waals surface area contributed by atoms with Crippen molar-refractivity contribution in [1.82, 2.24) is 14.9 Å². The second kappa shape index (κ2) is 11.1. The highest BCUT2D eigenvalue weighted by Crippen LogP contribution is 2.32. The van der Waals surface area contributed by atoms with Gasteiger partial charge in [-0.15, -0.1) is 0 Å². The zero-order chi connectivity index (χ0) is 26.8. The summed E-state index contributed by atoms with van der Waals surface area (Å²) in [6.07, 6.45) is 5.49. The quantitative estimate of drug-likeness (QED) is 0.543. The number of ether oxygens (including phenoxy) is 2. The molecule has 0 bridgehead atoms. The molecule has 4 aliphatic rings. The van der Waals surface area contributed by atoms with Gasteiger partial charge < -0.3 is 19.3 Å². The first-order valence-electron chi connectivity index (χ1n) is 13.7. The Morgan fingerprint density at radius 1 is 1.08 bits per heavy atom. The van der Waals surface area contributed by atoms with Crippen molar-refractivity contribution in [2.45, 2.75) is 31.8 Å². The molecule has 204 valence electrons. The Bertz CT molecular complexity index is 1310. The minimum Gasteiger partial charge on any atom is -0.466 e. The number of benzene rings is 1. The molecule has 2 saturated heterocycles. The number of aromatic nitrogens is 1. The Balaban J connectivity index is 1.19. The molecule has 9 nitrogen and oxygen atoms in total. The second-order valence-electron chi connectivity index (χ2n) is 10.1. The lowest BCUT2D eigenvalue weighted by Crippen LogP contribution is -2.45. The van der Waals surface area contributed by atoms with Crippen molar-refractivity contribution >= 4 is 23.5 Å². The highest BCUT2D eigenvalue weighted by Gasteiger charge is 2.35. The van der Waals surface area contributed by atoms with E-state index < -0.39 is 0 Å². The van der Waals surface area contributed by atoms with Crippen LogP contribution in [0.2, 0.25) is 0 Å². The third-order valence-corrected chi connectivity index (χ3v) is 7.74. The number of hydrazone groups is 1. The number of piperidine rings is 1. The number of anilines is 1. The number of hydrogen-bond acceptors (Lipinski definition) is 9. The number of rotatable bonds is 5. The number of nitrogens with zero attached hydrogens (tertiary/aromatic N) is 6. The van der Waals surface area contributed by atoms with Crippen LogP contribution in [0, 0.1) is 11.7 Å². The summed E-state index contributed by atoms with van der Waals surface area (Å²) >= 11 is 0. The van der Waals surface area contributed by atoms with E-state index in [9.17, 15) is 9.18 Å². The molecule has 0 saturated carbocycles. The third-order valence-electron chi connectivity index (χ3n) is 7.74. The molecule has 0 aliphatic carbocycles. The van der Waals surface area contributed by atoms with Crippen molar-refractivity contribution in [2.24, 2.45) is 16.0 Å². The highest BCUT2D eigenvalue weighted by atomic mass is 19.1. The van der Waals surface area contributed by atoms with Crippen LogP contribution >= 0.6 is 0 Å². The van der Waals surface area contributed by atoms with Crippen molar-refractivity contribution in [3.05, 3.63) is 71.7 Å². The SMILES string of the molecule is CCOC(=O)C1CCN(c2cccc(C3CN=C4C=CC(N5CCOCC5c5cccc(F)c5)=NN43)n2)CC1. The summed E-state index contributed by atoms with van der Waals surface area (Å²) in [5.41, 5.74) is 1.77. The predicted octanol–water partition coefficient (Wildman–Crippen LogP) is 3.71. The predicted molar refractivity (Wildman–Crippen MR) is 146 cm³/mol. The van der Waals surface area contributed by atoms with Crippen LogP contribution in [0.25, 0.3) is 0 Å². The van der Waals surface area contributed by atoms with Crippen LogP contribution in [0.1, 0.15) is 43.1 Å². The first-order chi connectivity index (χ1) is 19.1. The Morgan fingerprint density at radius 3 is 2.72 bits per heavy atom. The number of carbonyl (C=O) groups is 1. The molecule has 2 atom stereocenters. The van der Waals surface area contributed by atoms with Gasteiger partial charge in [-0.05, 0) is 61.7 Å². The first kappa shape index (κ1) is 25.5. The maximum atomic E-state index is 14.0. The minimum atomic E-state index is -0.260. The normalized spacial score (nSPS) is 23.4. The molecule has 5 heterocycles. The molecular formula is C29H33FN6O3. The summed E-state index contributed by atoms with van der Waals surface area (Å²) in [5.74, 6) is 2.11. The van der Waals surface area contributed by atoms with E-state index >= 15 is 0 Å². The molecule has 1 aromatic heterocycles. The van der Waals surface area contributed by atoms with E-state index in [2.05, 4.69) is 9.80 Å². The minimum absolute atomic E-state index is 0.0422. The van der Waals surface area contributed by atoms with Gasteiger partial charge in [-0.25, -0.2) is 14.4 Å². The Morgan fingerprint density at radius 2 is 1.90 bits per heavy atom. The standard InChI is InChI=1S/C29H33FN6O3/c1-2-39-29(37)20-11-13-34(14-12-20)27-8-4-7-23(32-27)24-18-31-26-9-10-28(33-36(24)26)35-15-16-38-19-25(35)21-5-3-6-22(30)17-21/h3-10,17,20,24-25H,2,11-16,18-19H2,1H3. The maximum Gasteiger partial charge on any atom is 0.309 e. The van der Waals surface area contributed by atoms with E-state index in [-0.39, 0.29) is 29.8 Å². The van der Waals surface area contributed by atoms with Crippen LogP contribution in [0.5, 0.6) is 0 Å². The molecule has 0 radical (unpaired) electrons. The van der Waals surface area contributed by atoms with Gasteiger partial charge in [0.1, 0.15) is 29.3 Å². The van der Waals surface area contributed by atoms with Gasteiger partial charge in [-0.1, -0.05) is 18.2 Å². The summed E-state index contributed by atoms with van der Waals surface area (Å²) in [4.78, 5) is 26.3. The summed E-state index contributed by atoms with van der Waals surface area (Å²) in [6, 6.07) is 12.5. The van der Waals surface area contributed by atoms with E-state index in [1.807, 2.05) is 48.4 Å². The van der Waals surface area contributed by atoms with E-state index in [1.54, 1.807) is 12.1 Å². The number of amidine groups is 2. The van der Waals surface area contributed by atoms with E-state index in [0.29, 0.717) is 32.9 Å². The van der Waals surface area contributed by atoms with Crippen molar-refractivity contribution in [3.8, 4) is 0 Å². The van der Waals surface area contributed by atoms with Gasteiger partial charge in [0, 0.05) is 19.6 Å². The molecule has 2 unspecified atom stereocenters. The zero-order valence-corrected chi connectivity index (χ0v) is 22.1. The topological polar surface area (TPSA) is 82.9 Å². The lowest BCUT2D eigenvalue weighted by Gasteiger charge is -2.39. The molecule has 0 spiro atoms. The largest absolute Gasteiger partial charge is 0.466 e. The van der Waals surface area contributed by atoms with E-state index in [1.165, 1.54) is 6.07 Å². The van der Waals surface area contributed by atoms with Crippen molar-refractivity contribution in [2.75, 3.05) is 50.9 Å². The number of hydrogen-bond donors (Lipinski definition) is 0. The summed E-state index contributed by atoms with van der Waals surface area (Å²) in [6.45, 7) is 6.06. The molecule has 1 aromatic carbocycles.